The molecule has 0 aliphatic heterocycles. The topological polar surface area (TPSA) is 49.3 Å². The Labute approximate surface area is 108 Å². The number of phenols is 1. The van der Waals surface area contributed by atoms with Crippen molar-refractivity contribution in [3.05, 3.63) is 28.8 Å². The highest BCUT2D eigenvalue weighted by atomic mass is 79.9. The number of carbonyl (C=O) groups excluding carboxylic acids is 1. The zero-order chi connectivity index (χ0) is 12.1. The molecule has 0 aliphatic carbocycles. The van der Waals surface area contributed by atoms with Gasteiger partial charge in [0, 0.05) is 16.9 Å². The standard InChI is InChI=1S/C11H13BrClNO2/c1-7(12)4-5-14-11(16)8-2-3-10(15)9(13)6-8/h2-3,6-7,15H,4-5H2,1H3,(H,14,16). The molecular weight excluding hydrogens is 293 g/mol. The second-order valence-corrected chi connectivity index (χ2v) is 5.46. The number of benzene rings is 1. The van der Waals surface area contributed by atoms with Crippen LogP contribution in [0.15, 0.2) is 18.2 Å². The number of amides is 1. The van der Waals surface area contributed by atoms with Crippen molar-refractivity contribution in [2.24, 2.45) is 0 Å². The maximum absolute atomic E-state index is 11.6. The minimum Gasteiger partial charge on any atom is -0.506 e. The third kappa shape index (κ3) is 4.02. The summed E-state index contributed by atoms with van der Waals surface area (Å²) in [4.78, 5) is 12.0. The molecule has 1 atom stereocenters. The molecule has 0 aliphatic rings. The first-order chi connectivity index (χ1) is 7.50. The van der Waals surface area contributed by atoms with Crippen LogP contribution in [0.5, 0.6) is 5.75 Å². The molecule has 1 aromatic carbocycles. The lowest BCUT2D eigenvalue weighted by molar-refractivity contribution is 0.0953. The van der Waals surface area contributed by atoms with Crippen molar-refractivity contribution in [2.45, 2.75) is 18.2 Å². The van der Waals surface area contributed by atoms with Crippen LogP contribution in [0.1, 0.15) is 23.7 Å². The van der Waals surface area contributed by atoms with E-state index in [0.717, 1.165) is 6.42 Å². The number of phenolic OH excluding ortho intramolecular Hbond substituents is 1. The summed E-state index contributed by atoms with van der Waals surface area (Å²) in [5, 5.41) is 12.2. The number of aromatic hydroxyl groups is 1. The molecule has 0 saturated heterocycles. The quantitative estimate of drug-likeness (QED) is 0.840. The number of alkyl halides is 1. The molecule has 2 N–H and O–H groups in total. The molecule has 0 radical (unpaired) electrons. The van der Waals surface area contributed by atoms with E-state index in [1.54, 1.807) is 0 Å². The van der Waals surface area contributed by atoms with Gasteiger partial charge in [0.15, 0.2) is 0 Å². The van der Waals surface area contributed by atoms with Crippen molar-refractivity contribution < 1.29 is 9.90 Å². The lowest BCUT2D eigenvalue weighted by Crippen LogP contribution is -2.25. The van der Waals surface area contributed by atoms with Gasteiger partial charge in [0.05, 0.1) is 5.02 Å². The van der Waals surface area contributed by atoms with E-state index in [-0.39, 0.29) is 16.7 Å². The van der Waals surface area contributed by atoms with Crippen molar-refractivity contribution in [3.8, 4) is 5.75 Å². The van der Waals surface area contributed by atoms with Crippen LogP contribution in [0.2, 0.25) is 5.02 Å². The van der Waals surface area contributed by atoms with Gasteiger partial charge >= 0.3 is 0 Å². The van der Waals surface area contributed by atoms with E-state index in [9.17, 15) is 9.90 Å². The first-order valence-electron chi connectivity index (χ1n) is 4.91. The SMILES string of the molecule is CC(Br)CCNC(=O)c1ccc(O)c(Cl)c1. The minimum atomic E-state index is -0.185. The summed E-state index contributed by atoms with van der Waals surface area (Å²) < 4.78 is 0. The van der Waals surface area contributed by atoms with Crippen molar-refractivity contribution in [1.82, 2.24) is 5.32 Å². The van der Waals surface area contributed by atoms with Gasteiger partial charge in [-0.25, -0.2) is 0 Å². The van der Waals surface area contributed by atoms with Crippen molar-refractivity contribution in [2.75, 3.05) is 6.54 Å². The third-order valence-corrected chi connectivity index (χ3v) is 2.80. The Morgan fingerprint density at radius 3 is 2.88 bits per heavy atom. The highest BCUT2D eigenvalue weighted by Gasteiger charge is 2.07. The largest absolute Gasteiger partial charge is 0.506 e. The summed E-state index contributed by atoms with van der Waals surface area (Å²) in [5.41, 5.74) is 0.449. The average molecular weight is 307 g/mol. The van der Waals surface area contributed by atoms with Gasteiger partial charge in [-0.15, -0.1) is 0 Å². The van der Waals surface area contributed by atoms with Crippen LogP contribution in [0.25, 0.3) is 0 Å². The number of hydrogen-bond donors (Lipinski definition) is 2. The summed E-state index contributed by atoms with van der Waals surface area (Å²) >= 11 is 9.10. The molecule has 16 heavy (non-hydrogen) atoms. The Kier molecular flexibility index (Phi) is 5.09. The van der Waals surface area contributed by atoms with E-state index in [4.69, 9.17) is 11.6 Å². The fourth-order valence-electron chi connectivity index (χ4n) is 1.13. The molecular formula is C11H13BrClNO2. The highest BCUT2D eigenvalue weighted by molar-refractivity contribution is 9.09. The van der Waals surface area contributed by atoms with Crippen molar-refractivity contribution in [3.63, 3.8) is 0 Å². The second kappa shape index (κ2) is 6.11. The number of nitrogens with one attached hydrogen (secondary N) is 1. The van der Waals surface area contributed by atoms with Crippen LogP contribution in [0, 0.1) is 0 Å². The van der Waals surface area contributed by atoms with E-state index in [2.05, 4.69) is 21.2 Å². The Morgan fingerprint density at radius 2 is 2.31 bits per heavy atom. The van der Waals surface area contributed by atoms with E-state index in [1.165, 1.54) is 18.2 Å². The van der Waals surface area contributed by atoms with Crippen LogP contribution < -0.4 is 5.32 Å². The number of rotatable bonds is 4. The summed E-state index contributed by atoms with van der Waals surface area (Å²) in [7, 11) is 0. The van der Waals surface area contributed by atoms with Crippen LogP contribution in [-0.2, 0) is 0 Å². The molecule has 5 heteroatoms. The van der Waals surface area contributed by atoms with Gasteiger partial charge in [-0.3, -0.25) is 4.79 Å². The fraction of sp³-hybridized carbons (Fsp3) is 0.364. The summed E-state index contributed by atoms with van der Waals surface area (Å²) in [6.07, 6.45) is 0.859. The van der Waals surface area contributed by atoms with E-state index >= 15 is 0 Å². The average Bonchev–Trinajstić information content (AvgIpc) is 2.21. The van der Waals surface area contributed by atoms with Gasteiger partial charge in [0.25, 0.3) is 5.91 Å². The first-order valence-corrected chi connectivity index (χ1v) is 6.21. The van der Waals surface area contributed by atoms with E-state index in [1.807, 2.05) is 6.92 Å². The molecule has 0 bridgehead atoms. The lowest BCUT2D eigenvalue weighted by Gasteiger charge is -2.07. The molecule has 1 rings (SSSR count). The molecule has 1 unspecified atom stereocenters. The maximum atomic E-state index is 11.6. The summed E-state index contributed by atoms with van der Waals surface area (Å²) in [5.74, 6) is -0.206. The molecule has 3 nitrogen and oxygen atoms in total. The molecule has 88 valence electrons. The highest BCUT2D eigenvalue weighted by Crippen LogP contribution is 2.23. The van der Waals surface area contributed by atoms with Gasteiger partial charge in [-0.05, 0) is 24.6 Å². The first kappa shape index (κ1) is 13.3. The van der Waals surface area contributed by atoms with E-state index < -0.39 is 0 Å². The van der Waals surface area contributed by atoms with Crippen LogP contribution in [0.3, 0.4) is 0 Å². The van der Waals surface area contributed by atoms with Crippen molar-refractivity contribution in [1.29, 1.82) is 0 Å². The van der Waals surface area contributed by atoms with Gasteiger partial charge in [0.1, 0.15) is 5.75 Å². The molecule has 0 saturated carbocycles. The van der Waals surface area contributed by atoms with Gasteiger partial charge in [-0.2, -0.15) is 0 Å². The zero-order valence-electron chi connectivity index (χ0n) is 8.84. The predicted octanol–water partition coefficient (Wildman–Crippen LogP) is 2.95. The zero-order valence-corrected chi connectivity index (χ0v) is 11.2. The fourth-order valence-corrected chi connectivity index (χ4v) is 1.54. The Morgan fingerprint density at radius 1 is 1.62 bits per heavy atom. The second-order valence-electron chi connectivity index (χ2n) is 3.49. The van der Waals surface area contributed by atoms with E-state index in [0.29, 0.717) is 16.9 Å². The van der Waals surface area contributed by atoms with Gasteiger partial charge < -0.3 is 10.4 Å². The number of hydrogen-bond acceptors (Lipinski definition) is 2. The Balaban J connectivity index is 2.56. The predicted molar refractivity (Wildman–Crippen MR) is 68.5 cm³/mol. The maximum Gasteiger partial charge on any atom is 0.251 e. The normalized spacial score (nSPS) is 12.2. The number of carbonyl (C=O) groups is 1. The third-order valence-electron chi connectivity index (χ3n) is 2.04. The van der Waals surface area contributed by atoms with Crippen LogP contribution in [-0.4, -0.2) is 22.4 Å². The Bertz CT molecular complexity index is 382. The summed E-state index contributed by atoms with van der Waals surface area (Å²) in [6.45, 7) is 2.62. The molecule has 0 aromatic heterocycles. The lowest BCUT2D eigenvalue weighted by atomic mass is 10.2. The molecule has 1 aromatic rings. The number of halogens is 2. The smallest absolute Gasteiger partial charge is 0.251 e. The van der Waals surface area contributed by atoms with Gasteiger partial charge in [-0.1, -0.05) is 34.5 Å². The summed E-state index contributed by atoms with van der Waals surface area (Å²) in [6, 6.07) is 4.39. The molecule has 0 heterocycles. The molecule has 0 fully saturated rings. The van der Waals surface area contributed by atoms with Crippen LogP contribution >= 0.6 is 27.5 Å². The van der Waals surface area contributed by atoms with Crippen molar-refractivity contribution >= 4 is 33.4 Å². The molecule has 0 spiro atoms. The minimum absolute atomic E-state index is 0.0210. The Hall–Kier alpha value is -0.740. The van der Waals surface area contributed by atoms with Crippen LogP contribution in [0.4, 0.5) is 0 Å². The molecule has 1 amide bonds. The monoisotopic (exact) mass is 305 g/mol. The van der Waals surface area contributed by atoms with Gasteiger partial charge in [0.2, 0.25) is 0 Å².